The monoisotopic (exact) mass is 379 g/mol. The Bertz CT molecular complexity index is 929. The molecule has 2 aromatic carbocycles. The van der Waals surface area contributed by atoms with Crippen LogP contribution in [0.5, 0.6) is 11.5 Å². The Morgan fingerprint density at radius 2 is 1.62 bits per heavy atom. The van der Waals surface area contributed by atoms with E-state index >= 15 is 0 Å². The van der Waals surface area contributed by atoms with E-state index in [2.05, 4.69) is 10.0 Å². The predicted molar refractivity (Wildman–Crippen MR) is 88.3 cm³/mol. The quantitative estimate of drug-likeness (QED) is 0.739. The Morgan fingerprint density at radius 1 is 1.04 bits per heavy atom. The highest BCUT2D eigenvalue weighted by Gasteiger charge is 2.27. The maximum atomic E-state index is 12.9. The predicted octanol–water partition coefficient (Wildman–Crippen LogP) is 1.41. The van der Waals surface area contributed by atoms with Crippen LogP contribution >= 0.6 is 0 Å². The largest absolute Gasteiger partial charge is 0.457 e. The summed E-state index contributed by atoms with van der Waals surface area (Å²) in [6.45, 7) is -0.528. The molecule has 0 atom stereocenters. The van der Waals surface area contributed by atoms with Crippen molar-refractivity contribution in [3.05, 3.63) is 54.3 Å². The van der Waals surface area contributed by atoms with Gasteiger partial charge in [-0.3, -0.25) is 10.1 Å². The fraction of sp³-hybridized carbons (Fsp3) is 0.125. The Morgan fingerprint density at radius 3 is 2.15 bits per heavy atom. The first-order chi connectivity index (χ1) is 12.3. The molecular formula is C16H14FN3O5S. The lowest BCUT2D eigenvalue weighted by Crippen LogP contribution is -2.39. The Kier molecular flexibility index (Phi) is 4.87. The molecule has 0 saturated carbocycles. The number of ether oxygens (including phenoxy) is 1. The lowest BCUT2D eigenvalue weighted by atomic mass is 10.3. The van der Waals surface area contributed by atoms with E-state index in [0.717, 1.165) is 4.90 Å². The van der Waals surface area contributed by atoms with Crippen molar-refractivity contribution >= 4 is 22.0 Å². The fourth-order valence-corrected chi connectivity index (χ4v) is 3.17. The van der Waals surface area contributed by atoms with Crippen LogP contribution in [-0.4, -0.2) is 38.5 Å². The number of amides is 3. The molecule has 1 aliphatic heterocycles. The van der Waals surface area contributed by atoms with Gasteiger partial charge in [-0.1, -0.05) is 0 Å². The van der Waals surface area contributed by atoms with Crippen molar-refractivity contribution in [2.24, 2.45) is 0 Å². The van der Waals surface area contributed by atoms with Crippen molar-refractivity contribution in [3.8, 4) is 11.5 Å². The molecular weight excluding hydrogens is 365 g/mol. The summed E-state index contributed by atoms with van der Waals surface area (Å²) in [5.74, 6) is -0.0975. The molecule has 8 nitrogen and oxygen atoms in total. The van der Waals surface area contributed by atoms with Crippen molar-refractivity contribution in [1.29, 1.82) is 0 Å². The van der Waals surface area contributed by atoms with Crippen LogP contribution in [0.1, 0.15) is 0 Å². The Balaban J connectivity index is 1.64. The minimum Gasteiger partial charge on any atom is -0.457 e. The van der Waals surface area contributed by atoms with Gasteiger partial charge >= 0.3 is 6.03 Å². The van der Waals surface area contributed by atoms with Crippen LogP contribution in [0.2, 0.25) is 0 Å². The lowest BCUT2D eigenvalue weighted by Gasteiger charge is -2.14. The van der Waals surface area contributed by atoms with Gasteiger partial charge < -0.3 is 9.64 Å². The molecule has 0 aromatic heterocycles. The summed E-state index contributed by atoms with van der Waals surface area (Å²) in [6, 6.07) is 10.3. The average Bonchev–Trinajstić information content (AvgIpc) is 2.93. The summed E-state index contributed by atoms with van der Waals surface area (Å²) >= 11 is 0. The minimum absolute atomic E-state index is 0.0325. The molecule has 1 saturated heterocycles. The van der Waals surface area contributed by atoms with Crippen LogP contribution in [0.25, 0.3) is 0 Å². The zero-order valence-electron chi connectivity index (χ0n) is 13.3. The van der Waals surface area contributed by atoms with E-state index in [-0.39, 0.29) is 18.1 Å². The first kappa shape index (κ1) is 17.8. The van der Waals surface area contributed by atoms with E-state index in [1.54, 1.807) is 0 Å². The second-order valence-corrected chi connectivity index (χ2v) is 7.15. The molecule has 136 valence electrons. The molecule has 10 heteroatoms. The van der Waals surface area contributed by atoms with Gasteiger partial charge in [0.2, 0.25) is 15.9 Å². The highest BCUT2D eigenvalue weighted by atomic mass is 32.2. The first-order valence-corrected chi connectivity index (χ1v) is 8.94. The average molecular weight is 379 g/mol. The van der Waals surface area contributed by atoms with Crippen molar-refractivity contribution < 1.29 is 27.1 Å². The molecule has 2 aromatic rings. The van der Waals surface area contributed by atoms with E-state index in [9.17, 15) is 22.4 Å². The summed E-state index contributed by atoms with van der Waals surface area (Å²) in [5, 5.41) is 2.05. The molecule has 26 heavy (non-hydrogen) atoms. The summed E-state index contributed by atoms with van der Waals surface area (Å²) in [7, 11) is -3.87. The van der Waals surface area contributed by atoms with Crippen LogP contribution in [-0.2, 0) is 14.8 Å². The third kappa shape index (κ3) is 4.16. The zero-order valence-corrected chi connectivity index (χ0v) is 14.1. The Hall–Kier alpha value is -2.98. The molecule has 0 spiro atoms. The maximum absolute atomic E-state index is 12.9. The van der Waals surface area contributed by atoms with Crippen LogP contribution in [0.4, 0.5) is 9.18 Å². The van der Waals surface area contributed by atoms with Crippen molar-refractivity contribution in [3.63, 3.8) is 0 Å². The van der Waals surface area contributed by atoms with Gasteiger partial charge in [-0.2, -0.15) is 4.72 Å². The minimum atomic E-state index is -3.87. The molecule has 0 radical (unpaired) electrons. The molecule has 1 fully saturated rings. The third-order valence-corrected chi connectivity index (χ3v) is 4.90. The van der Waals surface area contributed by atoms with Crippen LogP contribution in [0.15, 0.2) is 53.4 Å². The molecule has 3 rings (SSSR count). The smallest absolute Gasteiger partial charge is 0.325 e. The highest BCUT2D eigenvalue weighted by Crippen LogP contribution is 2.23. The van der Waals surface area contributed by atoms with E-state index in [0.29, 0.717) is 11.5 Å². The number of hydrogen-bond donors (Lipinski definition) is 2. The van der Waals surface area contributed by atoms with Crippen LogP contribution in [0.3, 0.4) is 0 Å². The molecule has 0 bridgehead atoms. The molecule has 2 N–H and O–H groups in total. The van der Waals surface area contributed by atoms with Gasteiger partial charge in [0.25, 0.3) is 0 Å². The molecule has 1 aliphatic rings. The molecule has 0 aliphatic carbocycles. The number of halogens is 1. The second-order valence-electron chi connectivity index (χ2n) is 5.38. The van der Waals surface area contributed by atoms with Gasteiger partial charge in [0.15, 0.2) is 0 Å². The number of rotatable bonds is 6. The van der Waals surface area contributed by atoms with Gasteiger partial charge in [0, 0.05) is 0 Å². The van der Waals surface area contributed by atoms with Crippen LogP contribution < -0.4 is 14.8 Å². The van der Waals surface area contributed by atoms with Crippen LogP contribution in [0, 0.1) is 5.82 Å². The zero-order chi connectivity index (χ0) is 18.7. The number of sulfonamides is 1. The number of carbonyl (C=O) groups is 2. The van der Waals surface area contributed by atoms with E-state index in [1.165, 1.54) is 48.5 Å². The summed E-state index contributed by atoms with van der Waals surface area (Å²) in [6.07, 6.45) is 0. The van der Waals surface area contributed by atoms with Crippen molar-refractivity contribution in [2.45, 2.75) is 4.90 Å². The fourth-order valence-electron chi connectivity index (χ4n) is 2.18. The van der Waals surface area contributed by atoms with E-state index < -0.39 is 27.8 Å². The van der Waals surface area contributed by atoms with E-state index in [1.807, 2.05) is 0 Å². The second kappa shape index (κ2) is 7.10. The number of nitrogens with zero attached hydrogens (tertiary/aromatic N) is 1. The summed E-state index contributed by atoms with van der Waals surface area (Å²) in [4.78, 5) is 23.5. The normalized spacial score (nSPS) is 14.4. The van der Waals surface area contributed by atoms with E-state index in [4.69, 9.17) is 4.74 Å². The number of imide groups is 1. The van der Waals surface area contributed by atoms with Gasteiger partial charge in [0.05, 0.1) is 11.6 Å². The number of benzene rings is 2. The van der Waals surface area contributed by atoms with Gasteiger partial charge in [-0.25, -0.2) is 17.6 Å². The number of carbonyl (C=O) groups excluding carboxylic acids is 2. The van der Waals surface area contributed by atoms with Crippen molar-refractivity contribution in [1.82, 2.24) is 14.9 Å². The topological polar surface area (TPSA) is 105 Å². The first-order valence-electron chi connectivity index (χ1n) is 7.45. The standard InChI is InChI=1S/C16H14FN3O5S/c17-11-1-3-12(4-2-11)25-13-5-7-14(8-6-13)26(23,24)18-10-20-9-15(21)19-16(20)22/h1-8,18H,9-10H2,(H,19,21,22). The lowest BCUT2D eigenvalue weighted by molar-refractivity contribution is -0.118. The van der Waals surface area contributed by atoms with Gasteiger partial charge in [-0.15, -0.1) is 0 Å². The SMILES string of the molecule is O=C1CN(CNS(=O)(=O)c2ccc(Oc3ccc(F)cc3)cc2)C(=O)N1. The number of nitrogens with one attached hydrogen (secondary N) is 2. The molecule has 3 amide bonds. The Labute approximate surface area is 148 Å². The maximum Gasteiger partial charge on any atom is 0.325 e. The van der Waals surface area contributed by atoms with Gasteiger partial charge in [-0.05, 0) is 48.5 Å². The third-order valence-electron chi connectivity index (χ3n) is 3.50. The summed E-state index contributed by atoms with van der Waals surface area (Å²) < 4.78 is 45.1. The number of urea groups is 1. The number of hydrogen-bond acceptors (Lipinski definition) is 5. The molecule has 1 heterocycles. The molecule has 0 unspecified atom stereocenters. The summed E-state index contributed by atoms with van der Waals surface area (Å²) in [5.41, 5.74) is 0. The highest BCUT2D eigenvalue weighted by molar-refractivity contribution is 7.89. The van der Waals surface area contributed by atoms with Crippen molar-refractivity contribution in [2.75, 3.05) is 13.2 Å². The van der Waals surface area contributed by atoms with Gasteiger partial charge in [0.1, 0.15) is 23.9 Å².